The molecule has 1 aliphatic carbocycles. The molecule has 4 heteroatoms. The normalized spacial score (nSPS) is 14.7. The first-order chi connectivity index (χ1) is 10.7. The van der Waals surface area contributed by atoms with Gasteiger partial charge in [-0.15, -0.1) is 0 Å². The maximum Gasteiger partial charge on any atom is 0.141 e. The molecule has 22 heavy (non-hydrogen) atoms. The van der Waals surface area contributed by atoms with E-state index in [0.717, 1.165) is 29.7 Å². The fraction of sp³-hybridized carbons (Fsp3) is 0.389. The van der Waals surface area contributed by atoms with E-state index < -0.39 is 0 Å². The third-order valence-electron chi connectivity index (χ3n) is 4.25. The number of aliphatic hydroxyl groups excluding tert-OH is 1. The highest BCUT2D eigenvalue weighted by Crippen LogP contribution is 2.43. The van der Waals surface area contributed by atoms with Crippen LogP contribution in [0, 0.1) is 5.82 Å². The highest BCUT2D eigenvalue weighted by molar-refractivity contribution is 5.68. The summed E-state index contributed by atoms with van der Waals surface area (Å²) in [4.78, 5) is 4.21. The zero-order valence-electron chi connectivity index (χ0n) is 12.7. The number of aliphatic hydroxyl groups is 1. The Balaban J connectivity index is 2.11. The van der Waals surface area contributed by atoms with Gasteiger partial charge in [-0.05, 0) is 55.5 Å². The highest BCUT2D eigenvalue weighted by atomic mass is 19.1. The fourth-order valence-electron chi connectivity index (χ4n) is 2.87. The summed E-state index contributed by atoms with van der Waals surface area (Å²) in [6.45, 7) is 2.40. The van der Waals surface area contributed by atoms with Crippen molar-refractivity contribution in [3.05, 3.63) is 47.4 Å². The number of pyridine rings is 1. The zero-order chi connectivity index (χ0) is 15.5. The molecule has 3 nitrogen and oxygen atoms in total. The summed E-state index contributed by atoms with van der Waals surface area (Å²) in [5.74, 6) is 0.822. The van der Waals surface area contributed by atoms with Crippen LogP contribution in [0.2, 0.25) is 0 Å². The number of benzene rings is 1. The lowest BCUT2D eigenvalue weighted by molar-refractivity contribution is 0.266. The minimum Gasteiger partial charge on any atom is -0.493 e. The van der Waals surface area contributed by atoms with Gasteiger partial charge >= 0.3 is 0 Å². The molecule has 1 fully saturated rings. The Morgan fingerprint density at radius 3 is 2.68 bits per heavy atom. The molecule has 1 heterocycles. The van der Waals surface area contributed by atoms with E-state index in [1.54, 1.807) is 6.07 Å². The van der Waals surface area contributed by atoms with Crippen molar-refractivity contribution in [1.29, 1.82) is 0 Å². The molecular formula is C18H20FNO2. The lowest BCUT2D eigenvalue weighted by Crippen LogP contribution is -2.11. The van der Waals surface area contributed by atoms with Crippen LogP contribution in [-0.4, -0.2) is 16.7 Å². The van der Waals surface area contributed by atoms with E-state index in [4.69, 9.17) is 4.74 Å². The summed E-state index contributed by atoms with van der Waals surface area (Å²) in [6, 6.07) is 7.08. The molecule has 1 saturated carbocycles. The molecule has 116 valence electrons. The van der Waals surface area contributed by atoms with Gasteiger partial charge in [0.15, 0.2) is 0 Å². The van der Waals surface area contributed by atoms with Crippen molar-refractivity contribution in [1.82, 2.24) is 4.98 Å². The van der Waals surface area contributed by atoms with Crippen LogP contribution >= 0.6 is 0 Å². The molecule has 1 aromatic carbocycles. The van der Waals surface area contributed by atoms with Crippen molar-refractivity contribution >= 4 is 0 Å². The van der Waals surface area contributed by atoms with Crippen LogP contribution in [0.1, 0.15) is 43.2 Å². The Kier molecular flexibility index (Phi) is 4.39. The molecule has 3 rings (SSSR count). The molecule has 1 aliphatic rings. The number of halogens is 1. The summed E-state index contributed by atoms with van der Waals surface area (Å²) < 4.78 is 18.8. The minimum absolute atomic E-state index is 0.0494. The third-order valence-corrected chi connectivity index (χ3v) is 4.25. The van der Waals surface area contributed by atoms with Crippen molar-refractivity contribution < 1.29 is 14.2 Å². The van der Waals surface area contributed by atoms with Crippen LogP contribution in [0.3, 0.4) is 0 Å². The standard InChI is InChI=1S/C18H20FNO2/c1-2-22-18-9-16(17-7-6-14(19)10-20-17)15(8-13(18)11-21)12-4-3-5-12/h6-10,12,21H,2-5,11H2,1H3. The van der Waals surface area contributed by atoms with Crippen molar-refractivity contribution in [2.45, 2.75) is 38.7 Å². The SMILES string of the molecule is CCOc1cc(-c2ccc(F)cn2)c(C2CCC2)cc1CO. The van der Waals surface area contributed by atoms with Gasteiger partial charge in [-0.25, -0.2) is 4.39 Å². The number of nitrogens with zero attached hydrogens (tertiary/aromatic N) is 1. The number of rotatable bonds is 5. The first kappa shape index (κ1) is 15.0. The van der Waals surface area contributed by atoms with Gasteiger partial charge in [0.2, 0.25) is 0 Å². The molecule has 1 N–H and O–H groups in total. The predicted molar refractivity (Wildman–Crippen MR) is 83.3 cm³/mol. The van der Waals surface area contributed by atoms with E-state index >= 15 is 0 Å². The lowest BCUT2D eigenvalue weighted by Gasteiger charge is -2.29. The summed E-state index contributed by atoms with van der Waals surface area (Å²) in [6.07, 6.45) is 4.75. The van der Waals surface area contributed by atoms with E-state index in [0.29, 0.717) is 18.3 Å². The van der Waals surface area contributed by atoms with Gasteiger partial charge in [-0.3, -0.25) is 4.98 Å². The first-order valence-electron chi connectivity index (χ1n) is 7.75. The topological polar surface area (TPSA) is 42.4 Å². The third kappa shape index (κ3) is 2.83. The molecule has 2 aromatic rings. The summed E-state index contributed by atoms with van der Waals surface area (Å²) in [5.41, 5.74) is 3.70. The van der Waals surface area contributed by atoms with Crippen molar-refractivity contribution in [2.75, 3.05) is 6.61 Å². The maximum absolute atomic E-state index is 13.1. The zero-order valence-corrected chi connectivity index (χ0v) is 12.7. The second-order valence-corrected chi connectivity index (χ2v) is 5.63. The average molecular weight is 301 g/mol. The van der Waals surface area contributed by atoms with Gasteiger partial charge in [0.25, 0.3) is 0 Å². The summed E-state index contributed by atoms with van der Waals surface area (Å²) >= 11 is 0. The summed E-state index contributed by atoms with van der Waals surface area (Å²) in [7, 11) is 0. The molecule has 0 aliphatic heterocycles. The Morgan fingerprint density at radius 2 is 2.14 bits per heavy atom. The molecule has 0 spiro atoms. The molecule has 0 bridgehead atoms. The predicted octanol–water partition coefficient (Wildman–Crippen LogP) is 4.05. The van der Waals surface area contributed by atoms with Crippen molar-refractivity contribution in [3.8, 4) is 17.0 Å². The largest absolute Gasteiger partial charge is 0.493 e. The van der Waals surface area contributed by atoms with Gasteiger partial charge in [-0.2, -0.15) is 0 Å². The highest BCUT2D eigenvalue weighted by Gasteiger charge is 2.25. The molecule has 0 radical (unpaired) electrons. The fourth-order valence-corrected chi connectivity index (χ4v) is 2.87. The maximum atomic E-state index is 13.1. The molecule has 1 aromatic heterocycles. The minimum atomic E-state index is -0.342. The van der Waals surface area contributed by atoms with E-state index in [9.17, 15) is 9.50 Å². The van der Waals surface area contributed by atoms with Gasteiger partial charge in [0, 0.05) is 11.1 Å². The molecule has 0 unspecified atom stereocenters. The first-order valence-corrected chi connectivity index (χ1v) is 7.75. The van der Waals surface area contributed by atoms with Gasteiger partial charge in [0.05, 0.1) is 25.1 Å². The number of ether oxygens (including phenoxy) is 1. The van der Waals surface area contributed by atoms with Gasteiger partial charge in [0.1, 0.15) is 11.6 Å². The Labute approximate surface area is 129 Å². The molecular weight excluding hydrogens is 281 g/mol. The van der Waals surface area contributed by atoms with Crippen molar-refractivity contribution in [3.63, 3.8) is 0 Å². The number of aromatic nitrogens is 1. The number of hydrogen-bond donors (Lipinski definition) is 1. The van der Waals surface area contributed by atoms with Crippen LogP contribution in [0.25, 0.3) is 11.3 Å². The Bertz CT molecular complexity index is 651. The van der Waals surface area contributed by atoms with Crippen molar-refractivity contribution in [2.24, 2.45) is 0 Å². The van der Waals surface area contributed by atoms with Gasteiger partial charge in [-0.1, -0.05) is 6.42 Å². The van der Waals surface area contributed by atoms with Crippen LogP contribution in [0.4, 0.5) is 4.39 Å². The number of hydrogen-bond acceptors (Lipinski definition) is 3. The van der Waals surface area contributed by atoms with E-state index in [2.05, 4.69) is 4.98 Å². The second kappa shape index (κ2) is 6.44. The van der Waals surface area contributed by atoms with E-state index in [-0.39, 0.29) is 12.4 Å². The van der Waals surface area contributed by atoms with Crippen LogP contribution in [0.15, 0.2) is 30.5 Å². The monoisotopic (exact) mass is 301 g/mol. The molecule has 0 saturated heterocycles. The van der Waals surface area contributed by atoms with Crippen LogP contribution < -0.4 is 4.74 Å². The lowest BCUT2D eigenvalue weighted by atomic mass is 9.77. The quantitative estimate of drug-likeness (QED) is 0.906. The van der Waals surface area contributed by atoms with E-state index in [1.165, 1.54) is 24.2 Å². The van der Waals surface area contributed by atoms with E-state index in [1.807, 2.05) is 19.1 Å². The Hall–Kier alpha value is -1.94. The molecule has 0 atom stereocenters. The average Bonchev–Trinajstić information content (AvgIpc) is 2.47. The van der Waals surface area contributed by atoms with Crippen LogP contribution in [-0.2, 0) is 6.61 Å². The second-order valence-electron chi connectivity index (χ2n) is 5.63. The molecule has 0 amide bonds. The van der Waals surface area contributed by atoms with Gasteiger partial charge < -0.3 is 9.84 Å². The van der Waals surface area contributed by atoms with Crippen LogP contribution in [0.5, 0.6) is 5.75 Å². The smallest absolute Gasteiger partial charge is 0.141 e. The summed E-state index contributed by atoms with van der Waals surface area (Å²) in [5, 5.41) is 9.59. The Morgan fingerprint density at radius 1 is 1.32 bits per heavy atom.